The van der Waals surface area contributed by atoms with E-state index in [4.69, 9.17) is 15.0 Å². The van der Waals surface area contributed by atoms with Crippen LogP contribution >= 0.6 is 0 Å². The number of aromatic nitrogens is 2. The normalized spacial score (nSPS) is 10.5. The summed E-state index contributed by atoms with van der Waals surface area (Å²) in [5.74, 6) is 1.02. The van der Waals surface area contributed by atoms with Crippen LogP contribution in [0.3, 0.4) is 0 Å². The molecule has 3 rings (SSSR count). The molecule has 1 amide bonds. The molecule has 0 saturated heterocycles. The van der Waals surface area contributed by atoms with Gasteiger partial charge in [0.1, 0.15) is 5.75 Å². The molecular weight excluding hydrogens is 306 g/mol. The standard InChI is InChI=1S/C18H17N3O3/c1-2-12-3-5-14(6-4-12)18-20-16(24-21-18)11-23-15-9-7-13(8-10-15)17(19)22/h3-10H,2,11H2,1H3,(H2,19,22). The number of nitrogens with two attached hydrogens (primary N) is 1. The number of benzene rings is 2. The molecule has 1 aromatic heterocycles. The first-order chi connectivity index (χ1) is 11.7. The fourth-order valence-corrected chi connectivity index (χ4v) is 2.18. The third-order valence-corrected chi connectivity index (χ3v) is 3.59. The number of hydrogen-bond acceptors (Lipinski definition) is 5. The zero-order valence-electron chi connectivity index (χ0n) is 13.2. The van der Waals surface area contributed by atoms with Crippen molar-refractivity contribution in [3.63, 3.8) is 0 Å². The molecular formula is C18H17N3O3. The fraction of sp³-hybridized carbons (Fsp3) is 0.167. The van der Waals surface area contributed by atoms with Gasteiger partial charge in [0.05, 0.1) is 0 Å². The average Bonchev–Trinajstić information content (AvgIpc) is 3.09. The summed E-state index contributed by atoms with van der Waals surface area (Å²) in [5.41, 5.74) is 7.77. The topological polar surface area (TPSA) is 91.2 Å². The van der Waals surface area contributed by atoms with Crippen LogP contribution in [0.1, 0.15) is 28.7 Å². The minimum atomic E-state index is -0.475. The van der Waals surface area contributed by atoms with Gasteiger partial charge in [-0.25, -0.2) is 0 Å². The number of primary amides is 1. The number of ether oxygens (including phenoxy) is 1. The lowest BCUT2D eigenvalue weighted by Gasteiger charge is -2.03. The first-order valence-corrected chi connectivity index (χ1v) is 7.60. The molecule has 0 unspecified atom stereocenters. The number of aryl methyl sites for hydroxylation is 1. The number of nitrogens with zero attached hydrogens (tertiary/aromatic N) is 2. The largest absolute Gasteiger partial charge is 0.484 e. The molecule has 0 saturated carbocycles. The molecule has 24 heavy (non-hydrogen) atoms. The van der Waals surface area contributed by atoms with Crippen LogP contribution in [-0.2, 0) is 13.0 Å². The maximum atomic E-state index is 11.0. The van der Waals surface area contributed by atoms with E-state index >= 15 is 0 Å². The highest BCUT2D eigenvalue weighted by Gasteiger charge is 2.09. The maximum absolute atomic E-state index is 11.0. The van der Waals surface area contributed by atoms with Gasteiger partial charge in [-0.1, -0.05) is 36.3 Å². The van der Waals surface area contributed by atoms with Crippen LogP contribution in [0.5, 0.6) is 5.75 Å². The van der Waals surface area contributed by atoms with Crippen molar-refractivity contribution in [1.82, 2.24) is 10.1 Å². The van der Waals surface area contributed by atoms with Gasteiger partial charge in [0, 0.05) is 11.1 Å². The molecule has 0 aliphatic carbocycles. The van der Waals surface area contributed by atoms with E-state index in [1.807, 2.05) is 24.3 Å². The Hall–Kier alpha value is -3.15. The van der Waals surface area contributed by atoms with Gasteiger partial charge in [-0.2, -0.15) is 4.98 Å². The van der Waals surface area contributed by atoms with E-state index < -0.39 is 5.91 Å². The number of rotatable bonds is 6. The molecule has 0 atom stereocenters. The number of carbonyl (C=O) groups is 1. The van der Waals surface area contributed by atoms with Gasteiger partial charge in [-0.05, 0) is 36.2 Å². The molecule has 0 aliphatic rings. The van der Waals surface area contributed by atoms with Crippen molar-refractivity contribution >= 4 is 5.91 Å². The molecule has 2 N–H and O–H groups in total. The van der Waals surface area contributed by atoms with Crippen molar-refractivity contribution in [3.05, 3.63) is 65.5 Å². The third-order valence-electron chi connectivity index (χ3n) is 3.59. The van der Waals surface area contributed by atoms with Gasteiger partial charge in [-0.3, -0.25) is 4.79 Å². The Morgan fingerprint density at radius 3 is 2.46 bits per heavy atom. The second-order valence-corrected chi connectivity index (χ2v) is 5.24. The highest BCUT2D eigenvalue weighted by molar-refractivity contribution is 5.92. The zero-order valence-corrected chi connectivity index (χ0v) is 13.2. The highest BCUT2D eigenvalue weighted by atomic mass is 16.5. The van der Waals surface area contributed by atoms with Crippen molar-refractivity contribution in [2.24, 2.45) is 5.73 Å². The Morgan fingerprint density at radius 1 is 1.12 bits per heavy atom. The summed E-state index contributed by atoms with van der Waals surface area (Å²) in [6, 6.07) is 14.6. The minimum Gasteiger partial charge on any atom is -0.484 e. The van der Waals surface area contributed by atoms with E-state index in [1.54, 1.807) is 24.3 Å². The summed E-state index contributed by atoms with van der Waals surface area (Å²) in [6.45, 7) is 2.25. The van der Waals surface area contributed by atoms with Gasteiger partial charge in [-0.15, -0.1) is 0 Å². The lowest BCUT2D eigenvalue weighted by atomic mass is 10.1. The summed E-state index contributed by atoms with van der Waals surface area (Å²) >= 11 is 0. The van der Waals surface area contributed by atoms with E-state index in [0.717, 1.165) is 12.0 Å². The van der Waals surface area contributed by atoms with Gasteiger partial charge in [0.25, 0.3) is 5.89 Å². The Morgan fingerprint density at radius 2 is 1.83 bits per heavy atom. The van der Waals surface area contributed by atoms with Crippen LogP contribution in [0.25, 0.3) is 11.4 Å². The molecule has 6 heteroatoms. The van der Waals surface area contributed by atoms with E-state index in [1.165, 1.54) is 5.56 Å². The van der Waals surface area contributed by atoms with Crippen LogP contribution in [0.2, 0.25) is 0 Å². The second-order valence-electron chi connectivity index (χ2n) is 5.24. The third kappa shape index (κ3) is 3.60. The Bertz CT molecular complexity index is 823. The van der Waals surface area contributed by atoms with Crippen molar-refractivity contribution < 1.29 is 14.1 Å². The van der Waals surface area contributed by atoms with E-state index in [9.17, 15) is 4.79 Å². The predicted octanol–water partition coefficient (Wildman–Crippen LogP) is 2.98. The molecule has 2 aromatic carbocycles. The van der Waals surface area contributed by atoms with Crippen molar-refractivity contribution in [3.8, 4) is 17.1 Å². The Labute approximate surface area is 139 Å². The number of carbonyl (C=O) groups excluding carboxylic acids is 1. The van der Waals surface area contributed by atoms with Crippen LogP contribution in [0.15, 0.2) is 53.1 Å². The quantitative estimate of drug-likeness (QED) is 0.753. The smallest absolute Gasteiger partial charge is 0.264 e. The van der Waals surface area contributed by atoms with Gasteiger partial charge in [0.2, 0.25) is 11.7 Å². The summed E-state index contributed by atoms with van der Waals surface area (Å²) in [4.78, 5) is 15.3. The molecule has 0 aliphatic heterocycles. The van der Waals surface area contributed by atoms with Crippen molar-refractivity contribution in [2.75, 3.05) is 0 Å². The van der Waals surface area contributed by atoms with E-state index in [2.05, 4.69) is 17.1 Å². The predicted molar refractivity (Wildman–Crippen MR) is 88.4 cm³/mol. The molecule has 0 spiro atoms. The first-order valence-electron chi connectivity index (χ1n) is 7.60. The highest BCUT2D eigenvalue weighted by Crippen LogP contribution is 2.18. The SMILES string of the molecule is CCc1ccc(-c2noc(COc3ccc(C(N)=O)cc3)n2)cc1. The average molecular weight is 323 g/mol. The zero-order chi connectivity index (χ0) is 16.9. The number of hydrogen-bond donors (Lipinski definition) is 1. The first kappa shape index (κ1) is 15.7. The molecule has 0 fully saturated rings. The van der Waals surface area contributed by atoms with Gasteiger partial charge in [0.15, 0.2) is 6.61 Å². The lowest BCUT2D eigenvalue weighted by molar-refractivity contribution is 0.1000. The van der Waals surface area contributed by atoms with E-state index in [0.29, 0.717) is 23.0 Å². The van der Waals surface area contributed by atoms with Crippen LogP contribution in [0.4, 0.5) is 0 Å². The van der Waals surface area contributed by atoms with Crippen molar-refractivity contribution in [1.29, 1.82) is 0 Å². The summed E-state index contributed by atoms with van der Waals surface area (Å²) < 4.78 is 10.8. The summed E-state index contributed by atoms with van der Waals surface area (Å²) in [5, 5.41) is 3.96. The molecule has 0 bridgehead atoms. The minimum absolute atomic E-state index is 0.149. The van der Waals surface area contributed by atoms with Gasteiger partial charge < -0.3 is 15.0 Å². The molecule has 1 heterocycles. The van der Waals surface area contributed by atoms with Crippen LogP contribution in [0, 0.1) is 0 Å². The van der Waals surface area contributed by atoms with E-state index in [-0.39, 0.29) is 6.61 Å². The number of amides is 1. The molecule has 122 valence electrons. The second kappa shape index (κ2) is 6.95. The Balaban J connectivity index is 1.64. The summed E-state index contributed by atoms with van der Waals surface area (Å²) in [7, 11) is 0. The Kier molecular flexibility index (Phi) is 4.56. The van der Waals surface area contributed by atoms with Crippen LogP contribution in [-0.4, -0.2) is 16.0 Å². The lowest BCUT2D eigenvalue weighted by Crippen LogP contribution is -2.10. The molecule has 0 radical (unpaired) electrons. The summed E-state index contributed by atoms with van der Waals surface area (Å²) in [6.07, 6.45) is 0.986. The van der Waals surface area contributed by atoms with Crippen molar-refractivity contribution in [2.45, 2.75) is 20.0 Å². The molecule has 3 aromatic rings. The fourth-order valence-electron chi connectivity index (χ4n) is 2.18. The monoisotopic (exact) mass is 323 g/mol. The maximum Gasteiger partial charge on any atom is 0.264 e. The van der Waals surface area contributed by atoms with Crippen LogP contribution < -0.4 is 10.5 Å². The molecule has 6 nitrogen and oxygen atoms in total. The van der Waals surface area contributed by atoms with Gasteiger partial charge >= 0.3 is 0 Å².